The fourth-order valence-electron chi connectivity index (χ4n) is 1.21. The van der Waals surface area contributed by atoms with Gasteiger partial charge in [-0.1, -0.05) is 37.1 Å². The van der Waals surface area contributed by atoms with E-state index >= 15 is 0 Å². The Balaban J connectivity index is 3.06. The highest BCUT2D eigenvalue weighted by atomic mass is 16.3. The second-order valence-electron chi connectivity index (χ2n) is 2.62. The number of hydrogen-bond donors (Lipinski definition) is 1. The number of aliphatic hydroxyl groups is 1. The molecule has 1 nitrogen and oxygen atoms in total. The second-order valence-corrected chi connectivity index (χ2v) is 2.62. The topological polar surface area (TPSA) is 20.2 Å². The van der Waals surface area contributed by atoms with E-state index in [9.17, 15) is 5.11 Å². The third-order valence-electron chi connectivity index (χ3n) is 1.89. The summed E-state index contributed by atoms with van der Waals surface area (Å²) in [6.07, 6.45) is 5.26. The minimum Gasteiger partial charge on any atom is -0.376 e. The molecule has 0 aliphatic carbocycles. The summed E-state index contributed by atoms with van der Waals surface area (Å²) in [5.41, 5.74) is 1.96. The smallest absolute Gasteiger partial charge is 0.140 e. The molecule has 1 aromatic rings. The largest absolute Gasteiger partial charge is 0.376 e. The minimum absolute atomic E-state index is 0.763. The third kappa shape index (κ3) is 1.66. The molecule has 0 aromatic heterocycles. The summed E-state index contributed by atoms with van der Waals surface area (Å²) < 4.78 is 0. The van der Waals surface area contributed by atoms with Crippen LogP contribution in [0.1, 0.15) is 24.2 Å². The van der Waals surface area contributed by atoms with E-state index in [2.05, 4.69) is 5.92 Å². The molecule has 0 amide bonds. The van der Waals surface area contributed by atoms with Gasteiger partial charge in [0.1, 0.15) is 6.10 Å². The fraction of sp³-hybridized carbons (Fsp3) is 0.273. The van der Waals surface area contributed by atoms with E-state index in [1.165, 1.54) is 0 Å². The number of terminal acetylenes is 1. The van der Waals surface area contributed by atoms with Gasteiger partial charge in [-0.3, -0.25) is 0 Å². The van der Waals surface area contributed by atoms with E-state index in [1.807, 2.05) is 31.2 Å². The third-order valence-corrected chi connectivity index (χ3v) is 1.89. The molecule has 62 valence electrons. The van der Waals surface area contributed by atoms with Crippen molar-refractivity contribution in [3.05, 3.63) is 35.4 Å². The van der Waals surface area contributed by atoms with Crippen molar-refractivity contribution in [3.63, 3.8) is 0 Å². The SMILES string of the molecule is C#CC(O)c1ccccc1CC. The molecular weight excluding hydrogens is 148 g/mol. The first kappa shape index (κ1) is 8.83. The van der Waals surface area contributed by atoms with Gasteiger partial charge >= 0.3 is 0 Å². The molecule has 0 fully saturated rings. The van der Waals surface area contributed by atoms with Crippen LogP contribution in [0.5, 0.6) is 0 Å². The summed E-state index contributed by atoms with van der Waals surface area (Å²) in [6.45, 7) is 2.04. The molecule has 0 saturated heterocycles. The molecule has 0 radical (unpaired) electrons. The number of rotatable bonds is 2. The first-order chi connectivity index (χ1) is 5.79. The van der Waals surface area contributed by atoms with Crippen LogP contribution >= 0.6 is 0 Å². The maximum absolute atomic E-state index is 9.41. The van der Waals surface area contributed by atoms with Crippen LogP contribution in [-0.4, -0.2) is 5.11 Å². The Labute approximate surface area is 73.0 Å². The average molecular weight is 160 g/mol. The van der Waals surface area contributed by atoms with E-state index in [4.69, 9.17) is 6.42 Å². The molecule has 0 aliphatic heterocycles. The zero-order valence-electron chi connectivity index (χ0n) is 7.12. The molecule has 1 aromatic carbocycles. The van der Waals surface area contributed by atoms with Gasteiger partial charge in [0.05, 0.1) is 0 Å². The summed E-state index contributed by atoms with van der Waals surface area (Å²) in [5, 5.41) is 9.41. The quantitative estimate of drug-likeness (QED) is 0.655. The Morgan fingerprint density at radius 1 is 1.50 bits per heavy atom. The highest BCUT2D eigenvalue weighted by molar-refractivity contribution is 5.32. The monoisotopic (exact) mass is 160 g/mol. The molecule has 0 saturated carbocycles. The van der Waals surface area contributed by atoms with E-state index < -0.39 is 6.10 Å². The summed E-state index contributed by atoms with van der Waals surface area (Å²) in [4.78, 5) is 0. The van der Waals surface area contributed by atoms with Gasteiger partial charge in [-0.15, -0.1) is 6.42 Å². The van der Waals surface area contributed by atoms with Crippen molar-refractivity contribution in [2.75, 3.05) is 0 Å². The van der Waals surface area contributed by atoms with Crippen LogP contribution in [0.25, 0.3) is 0 Å². The summed E-state index contributed by atoms with van der Waals surface area (Å²) in [6, 6.07) is 7.68. The lowest BCUT2D eigenvalue weighted by atomic mass is 10.0. The van der Waals surface area contributed by atoms with Crippen LogP contribution in [0, 0.1) is 12.3 Å². The van der Waals surface area contributed by atoms with Crippen LogP contribution in [0.2, 0.25) is 0 Å². The molecule has 1 rings (SSSR count). The van der Waals surface area contributed by atoms with Crippen LogP contribution < -0.4 is 0 Å². The first-order valence-electron chi connectivity index (χ1n) is 4.01. The Hall–Kier alpha value is -1.26. The van der Waals surface area contributed by atoms with Gasteiger partial charge in [0.15, 0.2) is 0 Å². The Morgan fingerprint density at radius 3 is 2.75 bits per heavy atom. The number of aryl methyl sites for hydroxylation is 1. The normalized spacial score (nSPS) is 12.1. The molecular formula is C11H12O. The van der Waals surface area contributed by atoms with E-state index in [1.54, 1.807) is 0 Å². The lowest BCUT2D eigenvalue weighted by molar-refractivity contribution is 0.237. The Bertz CT molecular complexity index is 296. The molecule has 1 heteroatoms. The maximum atomic E-state index is 9.41. The highest BCUT2D eigenvalue weighted by Crippen LogP contribution is 2.17. The summed E-state index contributed by atoms with van der Waals surface area (Å²) >= 11 is 0. The van der Waals surface area contributed by atoms with Gasteiger partial charge < -0.3 is 5.11 Å². The zero-order chi connectivity index (χ0) is 8.97. The van der Waals surface area contributed by atoms with E-state index in [0.29, 0.717) is 0 Å². The maximum Gasteiger partial charge on any atom is 0.140 e. The second kappa shape index (κ2) is 3.94. The van der Waals surface area contributed by atoms with Crippen molar-refractivity contribution in [2.24, 2.45) is 0 Å². The lowest BCUT2D eigenvalue weighted by Gasteiger charge is -2.08. The zero-order valence-corrected chi connectivity index (χ0v) is 7.12. The van der Waals surface area contributed by atoms with Crippen LogP contribution in [0.3, 0.4) is 0 Å². The summed E-state index contributed by atoms with van der Waals surface area (Å²) in [5.74, 6) is 2.31. The van der Waals surface area contributed by atoms with Gasteiger partial charge in [-0.2, -0.15) is 0 Å². The molecule has 1 N–H and O–H groups in total. The van der Waals surface area contributed by atoms with Gasteiger partial charge in [0, 0.05) is 0 Å². The van der Waals surface area contributed by atoms with Crippen molar-refractivity contribution in [1.82, 2.24) is 0 Å². The van der Waals surface area contributed by atoms with Crippen molar-refractivity contribution < 1.29 is 5.11 Å². The average Bonchev–Trinajstić information content (AvgIpc) is 2.16. The Kier molecular flexibility index (Phi) is 2.90. The van der Waals surface area contributed by atoms with Crippen molar-refractivity contribution in [1.29, 1.82) is 0 Å². The molecule has 0 aliphatic rings. The molecule has 0 heterocycles. The minimum atomic E-state index is -0.763. The van der Waals surface area contributed by atoms with E-state index in [0.717, 1.165) is 17.5 Å². The van der Waals surface area contributed by atoms with Crippen molar-refractivity contribution >= 4 is 0 Å². The van der Waals surface area contributed by atoms with Gasteiger partial charge in [0.2, 0.25) is 0 Å². The lowest BCUT2D eigenvalue weighted by Crippen LogP contribution is -1.98. The fourth-order valence-corrected chi connectivity index (χ4v) is 1.21. The van der Waals surface area contributed by atoms with E-state index in [-0.39, 0.29) is 0 Å². The molecule has 1 unspecified atom stereocenters. The molecule has 1 atom stereocenters. The van der Waals surface area contributed by atoms with Crippen LogP contribution in [-0.2, 0) is 6.42 Å². The van der Waals surface area contributed by atoms with Crippen molar-refractivity contribution in [3.8, 4) is 12.3 Å². The summed E-state index contributed by atoms with van der Waals surface area (Å²) in [7, 11) is 0. The predicted molar refractivity (Wildman–Crippen MR) is 49.6 cm³/mol. The first-order valence-corrected chi connectivity index (χ1v) is 4.01. The van der Waals surface area contributed by atoms with Crippen molar-refractivity contribution in [2.45, 2.75) is 19.4 Å². The van der Waals surface area contributed by atoms with Crippen LogP contribution in [0.4, 0.5) is 0 Å². The number of hydrogen-bond acceptors (Lipinski definition) is 1. The van der Waals surface area contributed by atoms with Gasteiger partial charge in [-0.25, -0.2) is 0 Å². The van der Waals surface area contributed by atoms with Gasteiger partial charge in [-0.05, 0) is 17.5 Å². The molecule has 0 bridgehead atoms. The standard InChI is InChI=1S/C11H12O/c1-3-9-7-5-6-8-10(9)11(12)4-2/h2,5-8,11-12H,3H2,1H3. The number of benzene rings is 1. The van der Waals surface area contributed by atoms with Gasteiger partial charge in [0.25, 0.3) is 0 Å². The highest BCUT2D eigenvalue weighted by Gasteiger charge is 2.06. The predicted octanol–water partition coefficient (Wildman–Crippen LogP) is 1.92. The number of aliphatic hydroxyl groups excluding tert-OH is 1. The molecule has 0 spiro atoms. The van der Waals surface area contributed by atoms with Crippen LogP contribution in [0.15, 0.2) is 24.3 Å². The molecule has 12 heavy (non-hydrogen) atoms. The Morgan fingerprint density at radius 2 is 2.17 bits per heavy atom.